The lowest BCUT2D eigenvalue weighted by molar-refractivity contribution is 0.0698. The zero-order valence-corrected chi connectivity index (χ0v) is 13.4. The first-order chi connectivity index (χ1) is 9.88. The van der Waals surface area contributed by atoms with Gasteiger partial charge in [0.15, 0.2) is 0 Å². The molecule has 1 aromatic rings. The largest absolute Gasteiger partial charge is 0.478 e. The summed E-state index contributed by atoms with van der Waals surface area (Å²) in [6.45, 7) is 6.97. The van der Waals surface area contributed by atoms with Gasteiger partial charge >= 0.3 is 5.97 Å². The SMILES string of the molecule is CC(C)(C)C1CCCC(Nc2ccccc2C(=O)O)CC1. The molecule has 0 spiro atoms. The van der Waals surface area contributed by atoms with Crippen molar-refractivity contribution in [3.05, 3.63) is 29.8 Å². The molecule has 2 rings (SSSR count). The highest BCUT2D eigenvalue weighted by Gasteiger charge is 2.28. The van der Waals surface area contributed by atoms with E-state index in [9.17, 15) is 9.90 Å². The lowest BCUT2D eigenvalue weighted by Gasteiger charge is -2.29. The molecule has 0 radical (unpaired) electrons. The number of carboxylic acid groups (broad SMARTS) is 1. The van der Waals surface area contributed by atoms with E-state index in [4.69, 9.17) is 0 Å². The van der Waals surface area contributed by atoms with Gasteiger partial charge in [0.25, 0.3) is 0 Å². The highest BCUT2D eigenvalue weighted by Crippen LogP contribution is 2.37. The molecule has 116 valence electrons. The Morgan fingerprint density at radius 1 is 1.14 bits per heavy atom. The Kier molecular flexibility index (Phi) is 4.92. The number of nitrogens with one attached hydrogen (secondary N) is 1. The summed E-state index contributed by atoms with van der Waals surface area (Å²) in [7, 11) is 0. The van der Waals surface area contributed by atoms with Crippen molar-refractivity contribution in [2.75, 3.05) is 5.32 Å². The summed E-state index contributed by atoms with van der Waals surface area (Å²) in [5.41, 5.74) is 1.49. The molecule has 2 unspecified atom stereocenters. The third-order valence-electron chi connectivity index (χ3n) is 4.71. The quantitative estimate of drug-likeness (QED) is 0.786. The van der Waals surface area contributed by atoms with Crippen molar-refractivity contribution in [1.82, 2.24) is 0 Å². The van der Waals surface area contributed by atoms with E-state index >= 15 is 0 Å². The smallest absolute Gasteiger partial charge is 0.337 e. The van der Waals surface area contributed by atoms with Gasteiger partial charge in [0.2, 0.25) is 0 Å². The topological polar surface area (TPSA) is 49.3 Å². The van der Waals surface area contributed by atoms with Gasteiger partial charge < -0.3 is 10.4 Å². The van der Waals surface area contributed by atoms with Gasteiger partial charge in [-0.3, -0.25) is 0 Å². The summed E-state index contributed by atoms with van der Waals surface area (Å²) in [5, 5.41) is 12.7. The molecule has 1 aromatic carbocycles. The molecule has 21 heavy (non-hydrogen) atoms. The second-order valence-corrected chi connectivity index (χ2v) is 7.26. The van der Waals surface area contributed by atoms with Crippen LogP contribution in [0.1, 0.15) is 63.2 Å². The molecule has 3 nitrogen and oxygen atoms in total. The van der Waals surface area contributed by atoms with Crippen LogP contribution in [-0.4, -0.2) is 17.1 Å². The van der Waals surface area contributed by atoms with Gasteiger partial charge in [-0.15, -0.1) is 0 Å². The van der Waals surface area contributed by atoms with Gasteiger partial charge in [-0.1, -0.05) is 39.3 Å². The predicted molar refractivity (Wildman–Crippen MR) is 86.8 cm³/mol. The summed E-state index contributed by atoms with van der Waals surface area (Å²) >= 11 is 0. The van der Waals surface area contributed by atoms with Crippen LogP contribution in [0.25, 0.3) is 0 Å². The van der Waals surface area contributed by atoms with Crippen molar-refractivity contribution in [2.45, 2.75) is 58.9 Å². The van der Waals surface area contributed by atoms with Crippen molar-refractivity contribution in [3.8, 4) is 0 Å². The van der Waals surface area contributed by atoms with E-state index < -0.39 is 5.97 Å². The Balaban J connectivity index is 2.03. The van der Waals surface area contributed by atoms with Gasteiger partial charge in [-0.2, -0.15) is 0 Å². The zero-order valence-electron chi connectivity index (χ0n) is 13.4. The van der Waals surface area contributed by atoms with E-state index in [-0.39, 0.29) is 0 Å². The zero-order chi connectivity index (χ0) is 15.5. The van der Waals surface area contributed by atoms with Crippen molar-refractivity contribution < 1.29 is 9.90 Å². The third kappa shape index (κ3) is 4.23. The van der Waals surface area contributed by atoms with E-state index in [0.29, 0.717) is 17.0 Å². The maximum absolute atomic E-state index is 11.3. The van der Waals surface area contributed by atoms with Crippen LogP contribution in [0.3, 0.4) is 0 Å². The lowest BCUT2D eigenvalue weighted by Crippen LogP contribution is -2.22. The van der Waals surface area contributed by atoms with Gasteiger partial charge in [-0.05, 0) is 49.1 Å². The fraction of sp³-hybridized carbons (Fsp3) is 0.611. The molecule has 1 fully saturated rings. The van der Waals surface area contributed by atoms with Gasteiger partial charge in [0, 0.05) is 11.7 Å². The minimum atomic E-state index is -0.862. The number of aromatic carboxylic acids is 1. The second-order valence-electron chi connectivity index (χ2n) is 7.26. The minimum Gasteiger partial charge on any atom is -0.478 e. The molecule has 0 aromatic heterocycles. The van der Waals surface area contributed by atoms with E-state index in [1.165, 1.54) is 19.3 Å². The summed E-state index contributed by atoms with van der Waals surface area (Å²) in [6, 6.07) is 7.59. The molecule has 0 bridgehead atoms. The Morgan fingerprint density at radius 2 is 1.86 bits per heavy atom. The minimum absolute atomic E-state index is 0.369. The molecule has 2 N–H and O–H groups in total. The molecule has 0 aliphatic heterocycles. The first-order valence-electron chi connectivity index (χ1n) is 7.97. The van der Waals surface area contributed by atoms with Gasteiger partial charge in [0.05, 0.1) is 5.56 Å². The summed E-state index contributed by atoms with van der Waals surface area (Å²) in [5.74, 6) is -0.0988. The molecular formula is C18H27NO2. The standard InChI is InChI=1S/C18H27NO2/c1-18(2,3)13-7-6-8-14(12-11-13)19-16-10-5-4-9-15(16)17(20)21/h4-5,9-10,13-14,19H,6-8,11-12H2,1-3H3,(H,20,21). The van der Waals surface area contributed by atoms with Crippen LogP contribution in [0.4, 0.5) is 5.69 Å². The highest BCUT2D eigenvalue weighted by atomic mass is 16.4. The van der Waals surface area contributed by atoms with Crippen molar-refractivity contribution >= 4 is 11.7 Å². The summed E-state index contributed by atoms with van der Waals surface area (Å²) in [6.07, 6.45) is 5.96. The van der Waals surface area contributed by atoms with Gasteiger partial charge in [0.1, 0.15) is 0 Å². The number of hydrogen-bond donors (Lipinski definition) is 2. The monoisotopic (exact) mass is 289 g/mol. The summed E-state index contributed by atoms with van der Waals surface area (Å²) < 4.78 is 0. The first kappa shape index (κ1) is 15.9. The maximum Gasteiger partial charge on any atom is 0.337 e. The van der Waals surface area contributed by atoms with Crippen LogP contribution in [-0.2, 0) is 0 Å². The van der Waals surface area contributed by atoms with E-state index in [1.807, 2.05) is 12.1 Å². The molecule has 0 saturated heterocycles. The number of carbonyl (C=O) groups is 1. The molecule has 1 aliphatic carbocycles. The van der Waals surface area contributed by atoms with Crippen molar-refractivity contribution in [3.63, 3.8) is 0 Å². The second kappa shape index (κ2) is 6.50. The Bertz CT molecular complexity index is 490. The number of carboxylic acids is 1. The van der Waals surface area contributed by atoms with Crippen LogP contribution >= 0.6 is 0 Å². The van der Waals surface area contributed by atoms with Gasteiger partial charge in [-0.25, -0.2) is 4.79 Å². The molecule has 3 heteroatoms. The van der Waals surface area contributed by atoms with Crippen LogP contribution in [0, 0.1) is 11.3 Å². The lowest BCUT2D eigenvalue weighted by atomic mass is 9.76. The number of hydrogen-bond acceptors (Lipinski definition) is 2. The fourth-order valence-corrected chi connectivity index (χ4v) is 3.33. The molecule has 1 aliphatic rings. The Hall–Kier alpha value is -1.51. The van der Waals surface area contributed by atoms with Crippen molar-refractivity contribution in [1.29, 1.82) is 0 Å². The highest BCUT2D eigenvalue weighted by molar-refractivity contribution is 5.94. The van der Waals surface area contributed by atoms with Crippen LogP contribution in [0.2, 0.25) is 0 Å². The Morgan fingerprint density at radius 3 is 2.52 bits per heavy atom. The van der Waals surface area contributed by atoms with Crippen LogP contribution in [0.5, 0.6) is 0 Å². The molecule has 0 amide bonds. The van der Waals surface area contributed by atoms with E-state index in [1.54, 1.807) is 12.1 Å². The average molecular weight is 289 g/mol. The molecule has 0 heterocycles. The predicted octanol–water partition coefficient (Wildman–Crippen LogP) is 4.79. The normalized spacial score (nSPS) is 23.4. The third-order valence-corrected chi connectivity index (χ3v) is 4.71. The van der Waals surface area contributed by atoms with E-state index in [2.05, 4.69) is 26.1 Å². The first-order valence-corrected chi connectivity index (χ1v) is 7.97. The number of rotatable bonds is 3. The molecular weight excluding hydrogens is 262 g/mol. The number of para-hydroxylation sites is 1. The average Bonchev–Trinajstić information content (AvgIpc) is 2.64. The van der Waals surface area contributed by atoms with Crippen LogP contribution < -0.4 is 5.32 Å². The summed E-state index contributed by atoms with van der Waals surface area (Å²) in [4.78, 5) is 11.3. The molecule has 2 atom stereocenters. The van der Waals surface area contributed by atoms with Crippen molar-refractivity contribution in [2.24, 2.45) is 11.3 Å². The molecule has 1 saturated carbocycles. The number of anilines is 1. The van der Waals surface area contributed by atoms with Crippen LogP contribution in [0.15, 0.2) is 24.3 Å². The maximum atomic E-state index is 11.3. The van der Waals surface area contributed by atoms with E-state index in [0.717, 1.165) is 24.4 Å². The number of benzene rings is 1. The fourth-order valence-electron chi connectivity index (χ4n) is 3.33. The Labute approximate surface area is 127 Å².